The van der Waals surface area contributed by atoms with E-state index in [-0.39, 0.29) is 6.10 Å². The maximum atomic E-state index is 9.39. The van der Waals surface area contributed by atoms with Crippen molar-refractivity contribution < 1.29 is 20.1 Å². The van der Waals surface area contributed by atoms with E-state index in [2.05, 4.69) is 0 Å². The maximum absolute atomic E-state index is 9.39. The van der Waals surface area contributed by atoms with Gasteiger partial charge >= 0.3 is 0 Å². The summed E-state index contributed by atoms with van der Waals surface area (Å²) < 4.78 is 5.27. The van der Waals surface area contributed by atoms with Crippen LogP contribution in [0.5, 0.6) is 0 Å². The molecule has 5 atom stereocenters. The molecule has 1 aliphatic heterocycles. The van der Waals surface area contributed by atoms with Gasteiger partial charge in [-0.3, -0.25) is 0 Å². The van der Waals surface area contributed by atoms with E-state index in [1.54, 1.807) is 6.92 Å². The predicted molar refractivity (Wildman–Crippen MR) is 42.6 cm³/mol. The molecule has 0 aromatic heterocycles. The van der Waals surface area contributed by atoms with Gasteiger partial charge in [-0.25, -0.2) is 0 Å². The minimum absolute atomic E-state index is 0.363. The fourth-order valence-corrected chi connectivity index (χ4v) is 1.47. The van der Waals surface area contributed by atoms with Crippen molar-refractivity contribution in [3.8, 4) is 0 Å². The van der Waals surface area contributed by atoms with Crippen LogP contribution in [0, 0.1) is 0 Å². The molecule has 12 heavy (non-hydrogen) atoms. The van der Waals surface area contributed by atoms with Gasteiger partial charge in [0.2, 0.25) is 0 Å². The zero-order valence-electron chi connectivity index (χ0n) is 7.34. The quantitative estimate of drug-likeness (QED) is 0.492. The predicted octanol–water partition coefficient (Wildman–Crippen LogP) is -0.734. The Morgan fingerprint density at radius 3 is 2.17 bits per heavy atom. The Morgan fingerprint density at radius 2 is 1.67 bits per heavy atom. The van der Waals surface area contributed by atoms with Crippen molar-refractivity contribution in [1.29, 1.82) is 0 Å². The van der Waals surface area contributed by atoms with E-state index < -0.39 is 24.4 Å². The van der Waals surface area contributed by atoms with Crippen molar-refractivity contribution in [3.63, 3.8) is 0 Å². The van der Waals surface area contributed by atoms with Crippen LogP contribution in [0.25, 0.3) is 0 Å². The monoisotopic (exact) mass is 176 g/mol. The molecule has 3 N–H and O–H groups in total. The van der Waals surface area contributed by atoms with Crippen LogP contribution < -0.4 is 0 Å². The molecule has 0 saturated carbocycles. The average Bonchev–Trinajstić information content (AvgIpc) is 2.08. The molecule has 1 rings (SSSR count). The molecule has 0 amide bonds. The Bertz CT molecular complexity index is 145. The summed E-state index contributed by atoms with van der Waals surface area (Å²) in [6.07, 6.45) is -3.18. The summed E-state index contributed by atoms with van der Waals surface area (Å²) in [6, 6.07) is 0. The largest absolute Gasteiger partial charge is 0.388 e. The minimum atomic E-state index is -1.08. The van der Waals surface area contributed by atoms with Gasteiger partial charge in [-0.1, -0.05) is 6.92 Å². The van der Waals surface area contributed by atoms with Crippen LogP contribution in [0.3, 0.4) is 0 Å². The van der Waals surface area contributed by atoms with Gasteiger partial charge in [0.1, 0.15) is 18.3 Å². The SMILES string of the molecule is CC[C@@H]1OC(C)[C@H](O)C(O)C1O. The molecule has 0 aromatic carbocycles. The lowest BCUT2D eigenvalue weighted by Crippen LogP contribution is -2.56. The minimum Gasteiger partial charge on any atom is -0.388 e. The van der Waals surface area contributed by atoms with Gasteiger partial charge in [-0.05, 0) is 13.3 Å². The van der Waals surface area contributed by atoms with Gasteiger partial charge in [0.15, 0.2) is 0 Å². The highest BCUT2D eigenvalue weighted by Crippen LogP contribution is 2.22. The summed E-state index contributed by atoms with van der Waals surface area (Å²) in [7, 11) is 0. The van der Waals surface area contributed by atoms with Crippen LogP contribution in [-0.4, -0.2) is 45.8 Å². The van der Waals surface area contributed by atoms with Crippen LogP contribution in [0.4, 0.5) is 0 Å². The van der Waals surface area contributed by atoms with Crippen molar-refractivity contribution in [2.45, 2.75) is 50.8 Å². The van der Waals surface area contributed by atoms with E-state index in [9.17, 15) is 15.3 Å². The number of aliphatic hydroxyl groups excluding tert-OH is 3. The number of hydrogen-bond acceptors (Lipinski definition) is 4. The van der Waals surface area contributed by atoms with E-state index in [1.807, 2.05) is 6.92 Å². The third kappa shape index (κ3) is 1.61. The van der Waals surface area contributed by atoms with E-state index in [0.29, 0.717) is 6.42 Å². The van der Waals surface area contributed by atoms with Crippen molar-refractivity contribution in [2.75, 3.05) is 0 Å². The van der Waals surface area contributed by atoms with Crippen molar-refractivity contribution in [1.82, 2.24) is 0 Å². The second-order valence-electron chi connectivity index (χ2n) is 3.26. The highest BCUT2D eigenvalue weighted by Gasteiger charge is 2.40. The summed E-state index contributed by atoms with van der Waals surface area (Å²) >= 11 is 0. The molecular formula is C8H16O4. The Kier molecular flexibility index (Phi) is 3.06. The van der Waals surface area contributed by atoms with Gasteiger partial charge in [-0.2, -0.15) is 0 Å². The standard InChI is InChI=1S/C8H16O4/c1-3-5-7(10)8(11)6(9)4(2)12-5/h4-11H,3H2,1-2H3/t4?,5-,6-,7?,8?/m0/s1. The molecule has 3 unspecified atom stereocenters. The van der Waals surface area contributed by atoms with Gasteiger partial charge in [0.25, 0.3) is 0 Å². The lowest BCUT2D eigenvalue weighted by Gasteiger charge is -2.39. The first-order chi connectivity index (χ1) is 5.57. The summed E-state index contributed by atoms with van der Waals surface area (Å²) in [6.45, 7) is 3.55. The lowest BCUT2D eigenvalue weighted by molar-refractivity contribution is -0.217. The van der Waals surface area contributed by atoms with Crippen LogP contribution in [-0.2, 0) is 4.74 Å². The number of hydrogen-bond donors (Lipinski definition) is 3. The van der Waals surface area contributed by atoms with Crippen molar-refractivity contribution >= 4 is 0 Å². The summed E-state index contributed by atoms with van der Waals surface area (Å²) in [5.41, 5.74) is 0. The molecule has 0 spiro atoms. The van der Waals surface area contributed by atoms with Crippen molar-refractivity contribution in [3.05, 3.63) is 0 Å². The van der Waals surface area contributed by atoms with Crippen LogP contribution in [0.2, 0.25) is 0 Å². The second-order valence-corrected chi connectivity index (χ2v) is 3.26. The average molecular weight is 176 g/mol. The van der Waals surface area contributed by atoms with Gasteiger partial charge in [-0.15, -0.1) is 0 Å². The first-order valence-corrected chi connectivity index (χ1v) is 4.27. The molecule has 0 bridgehead atoms. The number of rotatable bonds is 1. The summed E-state index contributed by atoms with van der Waals surface area (Å²) in [5.74, 6) is 0. The molecule has 4 nitrogen and oxygen atoms in total. The molecule has 1 saturated heterocycles. The third-order valence-corrected chi connectivity index (χ3v) is 2.35. The molecule has 1 aliphatic rings. The molecule has 1 fully saturated rings. The van der Waals surface area contributed by atoms with Gasteiger partial charge in [0, 0.05) is 0 Å². The second kappa shape index (κ2) is 3.70. The van der Waals surface area contributed by atoms with Crippen LogP contribution in [0.1, 0.15) is 20.3 Å². The van der Waals surface area contributed by atoms with E-state index in [0.717, 1.165) is 0 Å². The van der Waals surface area contributed by atoms with E-state index in [1.165, 1.54) is 0 Å². The molecule has 0 aliphatic carbocycles. The first-order valence-electron chi connectivity index (χ1n) is 4.27. The Labute approximate surface area is 71.8 Å². The Hall–Kier alpha value is -0.160. The number of ether oxygens (including phenoxy) is 1. The lowest BCUT2D eigenvalue weighted by atomic mass is 9.94. The highest BCUT2D eigenvalue weighted by atomic mass is 16.5. The Balaban J connectivity index is 2.63. The fourth-order valence-electron chi connectivity index (χ4n) is 1.47. The normalized spacial score (nSPS) is 49.2. The zero-order valence-corrected chi connectivity index (χ0v) is 7.34. The highest BCUT2D eigenvalue weighted by molar-refractivity contribution is 4.89. The third-order valence-electron chi connectivity index (χ3n) is 2.35. The molecular weight excluding hydrogens is 160 g/mol. The molecule has 1 heterocycles. The van der Waals surface area contributed by atoms with Gasteiger partial charge in [0.05, 0.1) is 12.2 Å². The number of aliphatic hydroxyl groups is 3. The Morgan fingerprint density at radius 1 is 1.08 bits per heavy atom. The van der Waals surface area contributed by atoms with Gasteiger partial charge < -0.3 is 20.1 Å². The summed E-state index contributed by atoms with van der Waals surface area (Å²) in [5, 5.41) is 28.0. The van der Waals surface area contributed by atoms with E-state index in [4.69, 9.17) is 4.74 Å². The molecule has 72 valence electrons. The smallest absolute Gasteiger partial charge is 0.111 e. The molecule has 0 radical (unpaired) electrons. The van der Waals surface area contributed by atoms with Crippen molar-refractivity contribution in [2.24, 2.45) is 0 Å². The van der Waals surface area contributed by atoms with E-state index >= 15 is 0 Å². The molecule has 0 aromatic rings. The molecule has 4 heteroatoms. The zero-order chi connectivity index (χ0) is 9.30. The van der Waals surface area contributed by atoms with Crippen LogP contribution in [0.15, 0.2) is 0 Å². The first kappa shape index (κ1) is 9.92. The fraction of sp³-hybridized carbons (Fsp3) is 1.00. The summed E-state index contributed by atoms with van der Waals surface area (Å²) in [4.78, 5) is 0. The van der Waals surface area contributed by atoms with Crippen LogP contribution >= 0.6 is 0 Å². The maximum Gasteiger partial charge on any atom is 0.111 e. The topological polar surface area (TPSA) is 69.9 Å².